The van der Waals surface area contributed by atoms with E-state index in [0.717, 1.165) is 16.9 Å². The lowest BCUT2D eigenvalue weighted by molar-refractivity contribution is 0.103. The van der Waals surface area contributed by atoms with Crippen LogP contribution in [0.2, 0.25) is 0 Å². The van der Waals surface area contributed by atoms with Gasteiger partial charge >= 0.3 is 0 Å². The van der Waals surface area contributed by atoms with Gasteiger partial charge in [-0.25, -0.2) is 0 Å². The first-order chi connectivity index (χ1) is 9.74. The quantitative estimate of drug-likeness (QED) is 0.777. The Morgan fingerprint density at radius 1 is 1.25 bits per heavy atom. The van der Waals surface area contributed by atoms with Gasteiger partial charge in [0.05, 0.1) is 16.3 Å². The molecule has 1 amide bonds. The van der Waals surface area contributed by atoms with E-state index in [1.54, 1.807) is 17.5 Å². The summed E-state index contributed by atoms with van der Waals surface area (Å²) in [6.45, 7) is 2.06. The number of aryl methyl sites for hydroxylation is 1. The Bertz CT molecular complexity index is 732. The molecule has 3 aromatic rings. The van der Waals surface area contributed by atoms with Gasteiger partial charge in [0.15, 0.2) is 0 Å². The summed E-state index contributed by atoms with van der Waals surface area (Å²) >= 11 is 3.10. The summed E-state index contributed by atoms with van der Waals surface area (Å²) < 4.78 is 0. The van der Waals surface area contributed by atoms with Crippen LogP contribution in [0.25, 0.3) is 11.3 Å². The van der Waals surface area contributed by atoms with Crippen molar-refractivity contribution in [3.63, 3.8) is 0 Å². The number of carbonyl (C=O) groups excluding carboxylic acids is 1. The topological polar surface area (TPSA) is 42.0 Å². The first-order valence-corrected chi connectivity index (χ1v) is 7.85. The average Bonchev–Trinajstić information content (AvgIpc) is 3.10. The normalized spacial score (nSPS) is 10.4. The van der Waals surface area contributed by atoms with Crippen molar-refractivity contribution < 1.29 is 4.79 Å². The predicted molar refractivity (Wildman–Crippen MR) is 84.6 cm³/mol. The first kappa shape index (κ1) is 13.0. The molecule has 1 N–H and O–H groups in total. The number of carbonyl (C=O) groups is 1. The minimum atomic E-state index is -0.0961. The Hall–Kier alpha value is -1.98. The number of pyridine rings is 1. The van der Waals surface area contributed by atoms with E-state index in [1.165, 1.54) is 16.2 Å². The maximum atomic E-state index is 12.1. The van der Waals surface area contributed by atoms with Gasteiger partial charge in [-0.3, -0.25) is 9.78 Å². The lowest BCUT2D eigenvalue weighted by Crippen LogP contribution is -2.11. The van der Waals surface area contributed by atoms with Crippen LogP contribution in [-0.4, -0.2) is 10.9 Å². The molecule has 20 heavy (non-hydrogen) atoms. The summed E-state index contributed by atoms with van der Waals surface area (Å²) in [7, 11) is 0. The fourth-order valence-corrected chi connectivity index (χ4v) is 3.20. The number of amides is 1. The molecule has 100 valence electrons. The van der Waals surface area contributed by atoms with Crippen molar-refractivity contribution in [1.82, 2.24) is 4.98 Å². The molecule has 0 aliphatic carbocycles. The number of rotatable bonds is 3. The Balaban J connectivity index is 1.92. The van der Waals surface area contributed by atoms with Crippen LogP contribution in [0.4, 0.5) is 5.69 Å². The van der Waals surface area contributed by atoms with Crippen molar-refractivity contribution in [2.45, 2.75) is 6.92 Å². The standard InChI is InChI=1S/C15H12N2OS2/c1-10-8-11(9-20-10)14-12(4-2-6-16-14)17-15(18)13-5-3-7-19-13/h2-9H,1H3,(H,17,18). The number of nitrogens with one attached hydrogen (secondary N) is 1. The van der Waals surface area contributed by atoms with E-state index in [-0.39, 0.29) is 5.91 Å². The highest BCUT2D eigenvalue weighted by molar-refractivity contribution is 7.12. The number of thiophene rings is 2. The highest BCUT2D eigenvalue weighted by Crippen LogP contribution is 2.29. The van der Waals surface area contributed by atoms with Gasteiger partial charge < -0.3 is 5.32 Å². The lowest BCUT2D eigenvalue weighted by Gasteiger charge is -2.08. The summed E-state index contributed by atoms with van der Waals surface area (Å²) in [6.07, 6.45) is 1.74. The Labute approximate surface area is 124 Å². The van der Waals surface area contributed by atoms with E-state index in [0.29, 0.717) is 4.88 Å². The molecular formula is C15H12N2OS2. The fourth-order valence-electron chi connectivity index (χ4n) is 1.90. The number of aromatic nitrogens is 1. The number of hydrogen-bond acceptors (Lipinski definition) is 4. The molecule has 0 aliphatic heterocycles. The molecule has 3 heterocycles. The zero-order valence-electron chi connectivity index (χ0n) is 10.8. The second-order valence-electron chi connectivity index (χ2n) is 4.28. The lowest BCUT2D eigenvalue weighted by atomic mass is 10.1. The fraction of sp³-hybridized carbons (Fsp3) is 0.0667. The Kier molecular flexibility index (Phi) is 3.62. The summed E-state index contributed by atoms with van der Waals surface area (Å²) in [5.74, 6) is -0.0961. The van der Waals surface area contributed by atoms with E-state index < -0.39 is 0 Å². The molecule has 0 unspecified atom stereocenters. The monoisotopic (exact) mass is 300 g/mol. The molecule has 0 spiro atoms. The van der Waals surface area contributed by atoms with Gasteiger partial charge in [0.1, 0.15) is 0 Å². The molecule has 0 aromatic carbocycles. The number of nitrogens with zero attached hydrogens (tertiary/aromatic N) is 1. The third kappa shape index (κ3) is 2.64. The van der Waals surface area contributed by atoms with E-state index in [9.17, 15) is 4.79 Å². The molecule has 3 aromatic heterocycles. The van der Waals surface area contributed by atoms with E-state index in [1.807, 2.05) is 29.6 Å². The van der Waals surface area contributed by atoms with Crippen LogP contribution in [0, 0.1) is 6.92 Å². The molecule has 0 saturated carbocycles. The van der Waals surface area contributed by atoms with Crippen LogP contribution in [0.5, 0.6) is 0 Å². The number of hydrogen-bond donors (Lipinski definition) is 1. The Morgan fingerprint density at radius 2 is 2.15 bits per heavy atom. The van der Waals surface area contributed by atoms with Gasteiger partial charge in [-0.05, 0) is 36.6 Å². The van der Waals surface area contributed by atoms with Gasteiger partial charge in [0.25, 0.3) is 5.91 Å². The van der Waals surface area contributed by atoms with Crippen LogP contribution >= 0.6 is 22.7 Å². The summed E-state index contributed by atoms with van der Waals surface area (Å²) in [4.78, 5) is 18.4. The van der Waals surface area contributed by atoms with E-state index in [2.05, 4.69) is 28.7 Å². The van der Waals surface area contributed by atoms with Gasteiger partial charge in [-0.15, -0.1) is 22.7 Å². The molecule has 0 radical (unpaired) electrons. The largest absolute Gasteiger partial charge is 0.319 e. The summed E-state index contributed by atoms with van der Waals surface area (Å²) in [5, 5.41) is 6.88. The molecule has 3 nitrogen and oxygen atoms in total. The van der Waals surface area contributed by atoms with Gasteiger partial charge in [-0.1, -0.05) is 6.07 Å². The maximum Gasteiger partial charge on any atom is 0.265 e. The van der Waals surface area contributed by atoms with Crippen molar-refractivity contribution in [1.29, 1.82) is 0 Å². The molecule has 0 atom stereocenters. The molecule has 3 rings (SSSR count). The average molecular weight is 300 g/mol. The smallest absolute Gasteiger partial charge is 0.265 e. The molecule has 5 heteroatoms. The molecule has 0 fully saturated rings. The first-order valence-electron chi connectivity index (χ1n) is 6.09. The third-order valence-electron chi connectivity index (χ3n) is 2.80. The maximum absolute atomic E-state index is 12.1. The molecule has 0 bridgehead atoms. The van der Waals surface area contributed by atoms with Crippen molar-refractivity contribution in [3.05, 3.63) is 57.0 Å². The number of anilines is 1. The van der Waals surface area contributed by atoms with Crippen LogP contribution in [-0.2, 0) is 0 Å². The van der Waals surface area contributed by atoms with Crippen molar-refractivity contribution in [3.8, 4) is 11.3 Å². The second-order valence-corrected chi connectivity index (χ2v) is 6.34. The predicted octanol–water partition coefficient (Wildman–Crippen LogP) is 4.43. The minimum absolute atomic E-state index is 0.0961. The minimum Gasteiger partial charge on any atom is -0.319 e. The second kappa shape index (κ2) is 5.56. The molecule has 0 aliphatic rings. The van der Waals surface area contributed by atoms with Crippen LogP contribution in [0.1, 0.15) is 14.5 Å². The Morgan fingerprint density at radius 3 is 2.85 bits per heavy atom. The van der Waals surface area contributed by atoms with Crippen molar-refractivity contribution >= 4 is 34.3 Å². The van der Waals surface area contributed by atoms with Crippen LogP contribution < -0.4 is 5.32 Å². The summed E-state index contributed by atoms with van der Waals surface area (Å²) in [5.41, 5.74) is 2.58. The van der Waals surface area contributed by atoms with Crippen molar-refractivity contribution in [2.24, 2.45) is 0 Å². The van der Waals surface area contributed by atoms with Gasteiger partial charge in [0, 0.05) is 22.0 Å². The summed E-state index contributed by atoms with van der Waals surface area (Å²) in [6, 6.07) is 9.46. The van der Waals surface area contributed by atoms with Gasteiger partial charge in [0.2, 0.25) is 0 Å². The van der Waals surface area contributed by atoms with E-state index in [4.69, 9.17) is 0 Å². The van der Waals surface area contributed by atoms with Gasteiger partial charge in [-0.2, -0.15) is 0 Å². The van der Waals surface area contributed by atoms with Crippen LogP contribution in [0.15, 0.2) is 47.3 Å². The molecular weight excluding hydrogens is 288 g/mol. The van der Waals surface area contributed by atoms with E-state index >= 15 is 0 Å². The highest BCUT2D eigenvalue weighted by atomic mass is 32.1. The van der Waals surface area contributed by atoms with Crippen molar-refractivity contribution in [2.75, 3.05) is 5.32 Å². The zero-order valence-corrected chi connectivity index (χ0v) is 12.4. The SMILES string of the molecule is Cc1cc(-c2ncccc2NC(=O)c2cccs2)cs1. The van der Waals surface area contributed by atoms with Crippen LogP contribution in [0.3, 0.4) is 0 Å². The highest BCUT2D eigenvalue weighted by Gasteiger charge is 2.12. The third-order valence-corrected chi connectivity index (χ3v) is 4.53. The molecule has 0 saturated heterocycles. The zero-order chi connectivity index (χ0) is 13.9.